The van der Waals surface area contributed by atoms with Gasteiger partial charge in [-0.05, 0) is 24.8 Å². The Morgan fingerprint density at radius 2 is 2.13 bits per heavy atom. The number of nitrogens with one attached hydrogen (secondary N) is 2. The number of fused-ring (bicyclic) bond motifs is 1. The number of thioether (sulfide) groups is 1. The van der Waals surface area contributed by atoms with Gasteiger partial charge in [-0.25, -0.2) is 9.97 Å². The number of aromatic nitrogens is 3. The van der Waals surface area contributed by atoms with Crippen LogP contribution in [-0.4, -0.2) is 39.7 Å². The van der Waals surface area contributed by atoms with E-state index in [4.69, 9.17) is 0 Å². The fraction of sp³-hybridized carbons (Fsp3) is 0.450. The molecule has 2 N–H and O–H groups in total. The molecule has 3 aromatic rings. The minimum Gasteiger partial charge on any atom is -0.469 e. The number of esters is 1. The average Bonchev–Trinajstić information content (AvgIpc) is 3.29. The van der Waals surface area contributed by atoms with Crippen LogP contribution in [0.3, 0.4) is 0 Å². The number of aryl methyl sites for hydroxylation is 1. The number of ether oxygens (including phenoxy) is 1. The summed E-state index contributed by atoms with van der Waals surface area (Å²) in [5.41, 5.74) is 1.45. The standard InChI is InChI=1S/C20H24N4O4S3/c1-5-10(2)6-13-11(3)31-18-16(13)17(27)23-20(24-18)30-9-14(25)22-19-21-12(8-29-19)7-15(26)28-4/h8,10H,5-7,9H2,1-4H3,(H,21,22,25)(H,23,24,27). The number of anilines is 1. The van der Waals surface area contributed by atoms with Crippen LogP contribution < -0.4 is 10.9 Å². The minimum absolute atomic E-state index is 0.0576. The van der Waals surface area contributed by atoms with Crippen molar-refractivity contribution in [2.75, 3.05) is 18.2 Å². The lowest BCUT2D eigenvalue weighted by molar-refractivity contribution is -0.139. The van der Waals surface area contributed by atoms with E-state index in [2.05, 4.69) is 38.9 Å². The third kappa shape index (κ3) is 5.92. The summed E-state index contributed by atoms with van der Waals surface area (Å²) in [7, 11) is 1.31. The van der Waals surface area contributed by atoms with Gasteiger partial charge in [-0.2, -0.15) is 0 Å². The van der Waals surface area contributed by atoms with Crippen molar-refractivity contribution in [3.63, 3.8) is 0 Å². The maximum atomic E-state index is 12.7. The highest BCUT2D eigenvalue weighted by atomic mass is 32.2. The molecule has 8 nitrogen and oxygen atoms in total. The molecule has 0 bridgehead atoms. The summed E-state index contributed by atoms with van der Waals surface area (Å²) >= 11 is 3.91. The minimum atomic E-state index is -0.389. The fourth-order valence-electron chi connectivity index (χ4n) is 2.92. The Morgan fingerprint density at radius 1 is 1.35 bits per heavy atom. The first-order valence-corrected chi connectivity index (χ1v) is 12.4. The first-order chi connectivity index (χ1) is 14.8. The third-order valence-electron chi connectivity index (χ3n) is 4.78. The second kappa shape index (κ2) is 10.4. The Balaban J connectivity index is 1.65. The van der Waals surface area contributed by atoms with E-state index in [9.17, 15) is 14.4 Å². The zero-order valence-corrected chi connectivity index (χ0v) is 20.2. The summed E-state index contributed by atoms with van der Waals surface area (Å²) in [4.78, 5) is 49.6. The topological polar surface area (TPSA) is 114 Å². The van der Waals surface area contributed by atoms with Gasteiger partial charge >= 0.3 is 5.97 Å². The van der Waals surface area contributed by atoms with E-state index in [-0.39, 0.29) is 29.6 Å². The van der Waals surface area contributed by atoms with Crippen LogP contribution in [0.25, 0.3) is 10.2 Å². The predicted molar refractivity (Wildman–Crippen MR) is 125 cm³/mol. The zero-order valence-electron chi connectivity index (χ0n) is 17.7. The van der Waals surface area contributed by atoms with Gasteiger partial charge in [0.05, 0.1) is 30.4 Å². The maximum Gasteiger partial charge on any atom is 0.311 e. The van der Waals surface area contributed by atoms with Gasteiger partial charge < -0.3 is 15.0 Å². The van der Waals surface area contributed by atoms with Crippen LogP contribution in [0.15, 0.2) is 15.3 Å². The number of methoxy groups -OCH3 is 1. The van der Waals surface area contributed by atoms with Crippen molar-refractivity contribution in [1.29, 1.82) is 0 Å². The summed E-state index contributed by atoms with van der Waals surface area (Å²) in [6, 6.07) is 0. The Kier molecular flexibility index (Phi) is 7.84. The van der Waals surface area contributed by atoms with Crippen LogP contribution in [0.5, 0.6) is 0 Å². The number of aromatic amines is 1. The van der Waals surface area contributed by atoms with Gasteiger partial charge in [0.25, 0.3) is 5.56 Å². The van der Waals surface area contributed by atoms with E-state index in [1.165, 1.54) is 29.8 Å². The molecule has 1 amide bonds. The molecule has 1 atom stereocenters. The highest BCUT2D eigenvalue weighted by molar-refractivity contribution is 7.99. The SMILES string of the molecule is CCC(C)Cc1c(C)sc2nc(SCC(=O)Nc3nc(CC(=O)OC)cs3)[nH]c(=O)c12. The van der Waals surface area contributed by atoms with Gasteiger partial charge in [0, 0.05) is 10.3 Å². The number of hydrogen-bond acceptors (Lipinski definition) is 9. The Hall–Kier alpha value is -2.24. The summed E-state index contributed by atoms with van der Waals surface area (Å²) < 4.78 is 4.61. The van der Waals surface area contributed by atoms with E-state index < -0.39 is 0 Å². The highest BCUT2D eigenvalue weighted by Crippen LogP contribution is 2.30. The number of hydrogen-bond donors (Lipinski definition) is 2. The molecule has 0 fully saturated rings. The summed E-state index contributed by atoms with van der Waals surface area (Å²) in [5.74, 6) is -0.0933. The summed E-state index contributed by atoms with van der Waals surface area (Å²) in [6.07, 6.45) is 1.96. The number of carbonyl (C=O) groups excluding carboxylic acids is 2. The molecule has 1 unspecified atom stereocenters. The smallest absolute Gasteiger partial charge is 0.311 e. The molecule has 166 valence electrons. The van der Waals surface area contributed by atoms with Crippen LogP contribution in [-0.2, 0) is 27.2 Å². The van der Waals surface area contributed by atoms with E-state index in [0.717, 1.165) is 35.0 Å². The number of amides is 1. The molecule has 3 rings (SSSR count). The van der Waals surface area contributed by atoms with Crippen LogP contribution in [0.1, 0.15) is 36.4 Å². The zero-order chi connectivity index (χ0) is 22.5. The van der Waals surface area contributed by atoms with E-state index in [1.54, 1.807) is 5.38 Å². The number of H-pyrrole nitrogens is 1. The van der Waals surface area contributed by atoms with Gasteiger partial charge in [-0.1, -0.05) is 32.0 Å². The number of thiophene rings is 1. The molecule has 0 saturated carbocycles. The molecule has 0 aromatic carbocycles. The molecule has 3 heterocycles. The van der Waals surface area contributed by atoms with E-state index in [1.807, 2.05) is 6.92 Å². The molecule has 0 aliphatic carbocycles. The van der Waals surface area contributed by atoms with Crippen molar-refractivity contribution in [3.05, 3.63) is 31.9 Å². The monoisotopic (exact) mass is 480 g/mol. The second-order valence-electron chi connectivity index (χ2n) is 7.14. The lowest BCUT2D eigenvalue weighted by Gasteiger charge is -2.08. The quantitative estimate of drug-likeness (QED) is 0.272. The van der Waals surface area contributed by atoms with Gasteiger partial charge in [0.1, 0.15) is 4.83 Å². The lowest BCUT2D eigenvalue weighted by Crippen LogP contribution is -2.16. The number of thiazole rings is 1. The molecular formula is C20H24N4O4S3. The molecule has 0 radical (unpaired) electrons. The molecule has 11 heteroatoms. The first kappa shape index (κ1) is 23.4. The van der Waals surface area contributed by atoms with Crippen molar-refractivity contribution in [2.24, 2.45) is 5.92 Å². The van der Waals surface area contributed by atoms with Gasteiger partial charge in [0.15, 0.2) is 10.3 Å². The molecule has 3 aromatic heterocycles. The van der Waals surface area contributed by atoms with Gasteiger partial charge in [-0.3, -0.25) is 14.4 Å². The van der Waals surface area contributed by atoms with E-state index >= 15 is 0 Å². The lowest BCUT2D eigenvalue weighted by atomic mass is 9.98. The van der Waals surface area contributed by atoms with Crippen molar-refractivity contribution in [1.82, 2.24) is 15.0 Å². The third-order valence-corrected chi connectivity index (χ3v) is 7.50. The number of rotatable bonds is 9. The second-order valence-corrected chi connectivity index (χ2v) is 10.2. The molecule has 0 aliphatic rings. The van der Waals surface area contributed by atoms with Crippen molar-refractivity contribution in [2.45, 2.75) is 45.2 Å². The van der Waals surface area contributed by atoms with Crippen molar-refractivity contribution < 1.29 is 14.3 Å². The molecule has 31 heavy (non-hydrogen) atoms. The van der Waals surface area contributed by atoms with Crippen molar-refractivity contribution >= 4 is 61.7 Å². The fourth-order valence-corrected chi connectivity index (χ4v) is 5.42. The van der Waals surface area contributed by atoms with Crippen LogP contribution >= 0.6 is 34.4 Å². The van der Waals surface area contributed by atoms with Crippen LogP contribution in [0.4, 0.5) is 5.13 Å². The normalized spacial score (nSPS) is 12.1. The van der Waals surface area contributed by atoms with Crippen LogP contribution in [0, 0.1) is 12.8 Å². The van der Waals surface area contributed by atoms with Gasteiger partial charge in [-0.15, -0.1) is 22.7 Å². The first-order valence-electron chi connectivity index (χ1n) is 9.76. The highest BCUT2D eigenvalue weighted by Gasteiger charge is 2.17. The molecular weight excluding hydrogens is 456 g/mol. The Labute approximate surface area is 191 Å². The van der Waals surface area contributed by atoms with Crippen molar-refractivity contribution in [3.8, 4) is 0 Å². The maximum absolute atomic E-state index is 12.7. The summed E-state index contributed by atoms with van der Waals surface area (Å²) in [5, 5.41) is 5.88. The van der Waals surface area contributed by atoms with E-state index in [0.29, 0.717) is 32.1 Å². The largest absolute Gasteiger partial charge is 0.469 e. The summed E-state index contributed by atoms with van der Waals surface area (Å²) in [6.45, 7) is 6.34. The molecule has 0 aliphatic heterocycles. The Morgan fingerprint density at radius 3 is 2.84 bits per heavy atom. The number of carbonyl (C=O) groups is 2. The van der Waals surface area contributed by atoms with Crippen LogP contribution in [0.2, 0.25) is 0 Å². The molecule has 0 saturated heterocycles. The Bertz CT molecular complexity index is 1150. The number of nitrogens with zero attached hydrogens (tertiary/aromatic N) is 2. The van der Waals surface area contributed by atoms with Gasteiger partial charge in [0.2, 0.25) is 5.91 Å². The molecule has 0 spiro atoms. The predicted octanol–water partition coefficient (Wildman–Crippen LogP) is 3.78. The average molecular weight is 481 g/mol.